The Balaban J connectivity index is 3.32. The number of aliphatic hydroxyl groups is 2. The zero-order valence-electron chi connectivity index (χ0n) is 7.23. The molecule has 80 valence electrons. The van der Waals surface area contributed by atoms with Crippen molar-refractivity contribution in [1.29, 1.82) is 0 Å². The van der Waals surface area contributed by atoms with Gasteiger partial charge in [-0.25, -0.2) is 0 Å². The predicted molar refractivity (Wildman–Crippen MR) is 46.9 cm³/mol. The molecule has 1 rings (SSSR count). The summed E-state index contributed by atoms with van der Waals surface area (Å²) in [5, 5.41) is 38.2. The summed E-state index contributed by atoms with van der Waals surface area (Å²) in [6.45, 7) is 0. The second kappa shape index (κ2) is 3.98. The van der Waals surface area contributed by atoms with Crippen LogP contribution in [0.15, 0.2) is 18.2 Å². The second-order valence-corrected chi connectivity index (χ2v) is 2.67. The van der Waals surface area contributed by atoms with E-state index in [-0.39, 0.29) is 5.56 Å². The highest BCUT2D eigenvalue weighted by molar-refractivity contribution is 5.46. The van der Waals surface area contributed by atoms with Crippen LogP contribution >= 0.6 is 0 Å². The maximum atomic E-state index is 10.4. The van der Waals surface area contributed by atoms with Gasteiger partial charge in [0.2, 0.25) is 0 Å². The van der Waals surface area contributed by atoms with Gasteiger partial charge < -0.3 is 10.2 Å². The minimum Gasteiger partial charge on any atom is -0.364 e. The molecule has 0 radical (unpaired) electrons. The lowest BCUT2D eigenvalue weighted by atomic mass is 10.1. The molecule has 0 heterocycles. The van der Waals surface area contributed by atoms with Gasteiger partial charge in [-0.3, -0.25) is 20.2 Å². The highest BCUT2D eigenvalue weighted by Gasteiger charge is 2.18. The summed E-state index contributed by atoms with van der Waals surface area (Å²) in [6, 6.07) is 2.46. The van der Waals surface area contributed by atoms with Gasteiger partial charge in [0, 0.05) is 17.7 Å². The first-order valence-corrected chi connectivity index (χ1v) is 3.71. The summed E-state index contributed by atoms with van der Waals surface area (Å²) >= 11 is 0. The highest BCUT2D eigenvalue weighted by atomic mass is 16.6. The Hall–Kier alpha value is -2.06. The average Bonchev–Trinajstić information content (AvgIpc) is 2.16. The molecular weight excluding hydrogens is 208 g/mol. The van der Waals surface area contributed by atoms with E-state index in [2.05, 4.69) is 0 Å². The zero-order valence-corrected chi connectivity index (χ0v) is 7.23. The van der Waals surface area contributed by atoms with E-state index in [4.69, 9.17) is 10.2 Å². The predicted octanol–water partition coefficient (Wildman–Crippen LogP) is 0.486. The Morgan fingerprint density at radius 2 is 1.40 bits per heavy atom. The van der Waals surface area contributed by atoms with Gasteiger partial charge >= 0.3 is 0 Å². The fourth-order valence-electron chi connectivity index (χ4n) is 0.978. The molecule has 0 aliphatic carbocycles. The van der Waals surface area contributed by atoms with E-state index in [1.165, 1.54) is 0 Å². The molecule has 0 unspecified atom stereocenters. The van der Waals surface area contributed by atoms with Crippen LogP contribution in [0.5, 0.6) is 0 Å². The molecule has 0 saturated carbocycles. The normalized spacial score (nSPS) is 10.3. The average molecular weight is 214 g/mol. The van der Waals surface area contributed by atoms with E-state index < -0.39 is 27.5 Å². The Kier molecular flexibility index (Phi) is 2.93. The topological polar surface area (TPSA) is 127 Å². The van der Waals surface area contributed by atoms with Crippen LogP contribution in [0.25, 0.3) is 0 Å². The van der Waals surface area contributed by atoms with E-state index in [1.54, 1.807) is 0 Å². The molecule has 0 saturated heterocycles. The first-order chi connectivity index (χ1) is 6.91. The van der Waals surface area contributed by atoms with Crippen molar-refractivity contribution < 1.29 is 20.1 Å². The van der Waals surface area contributed by atoms with Crippen LogP contribution in [0.2, 0.25) is 0 Å². The third-order valence-corrected chi connectivity index (χ3v) is 1.64. The van der Waals surface area contributed by atoms with Crippen molar-refractivity contribution in [3.63, 3.8) is 0 Å². The van der Waals surface area contributed by atoms with E-state index in [9.17, 15) is 20.2 Å². The van der Waals surface area contributed by atoms with E-state index in [1.807, 2.05) is 0 Å². The summed E-state index contributed by atoms with van der Waals surface area (Å²) < 4.78 is 0. The lowest BCUT2D eigenvalue weighted by molar-refractivity contribution is -0.394. The van der Waals surface area contributed by atoms with Gasteiger partial charge in [0.1, 0.15) is 0 Å². The first kappa shape index (κ1) is 11.0. The van der Waals surface area contributed by atoms with Crippen LogP contribution in [0, 0.1) is 20.2 Å². The monoisotopic (exact) mass is 214 g/mol. The largest absolute Gasteiger partial charge is 0.364 e. The second-order valence-electron chi connectivity index (χ2n) is 2.67. The van der Waals surface area contributed by atoms with Gasteiger partial charge in [-0.05, 0) is 0 Å². The molecule has 0 atom stereocenters. The van der Waals surface area contributed by atoms with Gasteiger partial charge in [0.05, 0.1) is 15.9 Å². The van der Waals surface area contributed by atoms with Crippen LogP contribution < -0.4 is 0 Å². The Morgan fingerprint density at radius 3 is 1.67 bits per heavy atom. The third kappa shape index (κ3) is 2.45. The smallest absolute Gasteiger partial charge is 0.276 e. The van der Waals surface area contributed by atoms with Gasteiger partial charge in [-0.1, -0.05) is 0 Å². The number of nitro benzene ring substituents is 2. The molecule has 0 bridgehead atoms. The van der Waals surface area contributed by atoms with Crippen molar-refractivity contribution in [3.8, 4) is 0 Å². The third-order valence-electron chi connectivity index (χ3n) is 1.64. The van der Waals surface area contributed by atoms with Crippen molar-refractivity contribution in [2.75, 3.05) is 0 Å². The summed E-state index contributed by atoms with van der Waals surface area (Å²) in [6.07, 6.45) is -1.98. The minimum absolute atomic E-state index is 0.295. The molecule has 15 heavy (non-hydrogen) atoms. The molecule has 0 spiro atoms. The lowest BCUT2D eigenvalue weighted by Crippen LogP contribution is -1.99. The van der Waals surface area contributed by atoms with Gasteiger partial charge in [-0.15, -0.1) is 0 Å². The van der Waals surface area contributed by atoms with Crippen molar-refractivity contribution in [2.24, 2.45) is 0 Å². The lowest BCUT2D eigenvalue weighted by Gasteiger charge is -2.02. The molecule has 0 fully saturated rings. The number of aliphatic hydroxyl groups excluding tert-OH is 1. The molecule has 0 aromatic heterocycles. The first-order valence-electron chi connectivity index (χ1n) is 3.71. The van der Waals surface area contributed by atoms with Crippen molar-refractivity contribution in [1.82, 2.24) is 0 Å². The molecule has 8 heteroatoms. The Bertz CT molecular complexity index is 384. The maximum Gasteiger partial charge on any atom is 0.276 e. The van der Waals surface area contributed by atoms with Crippen molar-refractivity contribution >= 4 is 11.4 Å². The molecular formula is C7H6N2O6. The van der Waals surface area contributed by atoms with E-state index >= 15 is 0 Å². The molecule has 1 aromatic rings. The molecule has 8 nitrogen and oxygen atoms in total. The van der Waals surface area contributed by atoms with Crippen LogP contribution in [0.3, 0.4) is 0 Å². The number of hydrogen-bond donors (Lipinski definition) is 2. The molecule has 2 N–H and O–H groups in total. The van der Waals surface area contributed by atoms with E-state index in [0.717, 1.165) is 18.2 Å². The minimum atomic E-state index is -1.98. The number of nitrogens with zero attached hydrogens (tertiary/aromatic N) is 2. The zero-order chi connectivity index (χ0) is 11.6. The van der Waals surface area contributed by atoms with Crippen LogP contribution in [-0.4, -0.2) is 20.1 Å². The molecule has 0 aliphatic rings. The van der Waals surface area contributed by atoms with Gasteiger partial charge in [-0.2, -0.15) is 0 Å². The Labute approximate surface area is 82.7 Å². The maximum absolute atomic E-state index is 10.4. The fourth-order valence-corrected chi connectivity index (χ4v) is 0.978. The van der Waals surface area contributed by atoms with E-state index in [0.29, 0.717) is 0 Å². The van der Waals surface area contributed by atoms with Crippen molar-refractivity contribution in [3.05, 3.63) is 44.0 Å². The summed E-state index contributed by atoms with van der Waals surface area (Å²) in [5.74, 6) is 0. The SMILES string of the molecule is O=[N+]([O-])c1cc(C(O)O)cc([N+](=O)[O-])c1. The fraction of sp³-hybridized carbons (Fsp3) is 0.143. The number of rotatable bonds is 3. The summed E-state index contributed by atoms with van der Waals surface area (Å²) in [5.41, 5.74) is -1.42. The molecule has 0 aliphatic heterocycles. The quantitative estimate of drug-likeness (QED) is 0.428. The Morgan fingerprint density at radius 1 is 1.00 bits per heavy atom. The summed E-state index contributed by atoms with van der Waals surface area (Å²) in [7, 11) is 0. The van der Waals surface area contributed by atoms with Gasteiger partial charge in [0.15, 0.2) is 6.29 Å². The van der Waals surface area contributed by atoms with Crippen LogP contribution in [-0.2, 0) is 0 Å². The molecule has 0 amide bonds. The summed E-state index contributed by atoms with van der Waals surface area (Å²) in [4.78, 5) is 19.0. The number of hydrogen-bond acceptors (Lipinski definition) is 6. The van der Waals surface area contributed by atoms with Gasteiger partial charge in [0.25, 0.3) is 11.4 Å². The number of benzene rings is 1. The van der Waals surface area contributed by atoms with Crippen LogP contribution in [0.4, 0.5) is 11.4 Å². The van der Waals surface area contributed by atoms with Crippen molar-refractivity contribution in [2.45, 2.75) is 6.29 Å². The highest BCUT2D eigenvalue weighted by Crippen LogP contribution is 2.25. The van der Waals surface area contributed by atoms with Crippen LogP contribution in [0.1, 0.15) is 11.9 Å². The molecule has 1 aromatic carbocycles. The number of non-ortho nitro benzene ring substituents is 2. The number of nitro groups is 2. The standard InChI is InChI=1S/C7H6N2O6/c10-7(11)4-1-5(8(12)13)3-6(2-4)9(14)15/h1-3,7,10-11H.